The zero-order valence-electron chi connectivity index (χ0n) is 12.6. The number of carbonyl (C=O) groups is 1. The number of allylic oxidation sites excluding steroid dienone is 1. The summed E-state index contributed by atoms with van der Waals surface area (Å²) in [4.78, 5) is 11.6. The minimum absolute atomic E-state index is 0.317. The van der Waals surface area contributed by atoms with Crippen LogP contribution in [0.2, 0.25) is 0 Å². The number of benzene rings is 1. The van der Waals surface area contributed by atoms with E-state index in [1.54, 1.807) is 27.7 Å². The smallest absolute Gasteiger partial charge is 0.338 e. The summed E-state index contributed by atoms with van der Waals surface area (Å²) in [6, 6.07) is 4.19. The second-order valence-corrected chi connectivity index (χ2v) is 5.67. The van der Waals surface area contributed by atoms with Gasteiger partial charge in [0.05, 0.1) is 5.56 Å². The predicted octanol–water partition coefficient (Wildman–Crippen LogP) is 4.67. The first-order valence-corrected chi connectivity index (χ1v) is 6.14. The maximum Gasteiger partial charge on any atom is 0.338 e. The second kappa shape index (κ2) is 7.07. The number of hydrogen-bond acceptors (Lipinski definition) is 2. The summed E-state index contributed by atoms with van der Waals surface area (Å²) >= 11 is 0. The van der Waals surface area contributed by atoms with Gasteiger partial charge in [-0.15, -0.1) is 6.58 Å². The Morgan fingerprint density at radius 2 is 1.74 bits per heavy atom. The first-order valence-electron chi connectivity index (χ1n) is 6.14. The van der Waals surface area contributed by atoms with Gasteiger partial charge in [0.25, 0.3) is 0 Å². The monoisotopic (exact) mass is 266 g/mol. The molecule has 2 nitrogen and oxygen atoms in total. The number of aryl methyl sites for hydroxylation is 1. The van der Waals surface area contributed by atoms with Gasteiger partial charge in [0.2, 0.25) is 0 Å². The van der Waals surface area contributed by atoms with Crippen LogP contribution in [0.5, 0.6) is 0 Å². The maximum absolute atomic E-state index is 12.9. The highest BCUT2D eigenvalue weighted by atomic mass is 19.1. The lowest BCUT2D eigenvalue weighted by Gasteiger charge is -2.19. The van der Waals surface area contributed by atoms with Crippen molar-refractivity contribution in [3.8, 4) is 0 Å². The van der Waals surface area contributed by atoms with Gasteiger partial charge in [-0.2, -0.15) is 0 Å². The van der Waals surface area contributed by atoms with Gasteiger partial charge in [0.1, 0.15) is 11.4 Å². The molecule has 0 amide bonds. The standard InChI is InChI=1S/C12H15FO2.C4H8/c1-8-7-9(5-6-10(8)13)11(14)15-12(2,3)4;1-4(2)3/h5-7H,1-4H3;1H2,2-3H3. The van der Waals surface area contributed by atoms with Crippen molar-refractivity contribution >= 4 is 5.97 Å². The third kappa shape index (κ3) is 8.14. The summed E-state index contributed by atoms with van der Waals surface area (Å²) in [7, 11) is 0. The topological polar surface area (TPSA) is 26.3 Å². The van der Waals surface area contributed by atoms with E-state index >= 15 is 0 Å². The van der Waals surface area contributed by atoms with Crippen molar-refractivity contribution in [3.63, 3.8) is 0 Å². The minimum Gasteiger partial charge on any atom is -0.456 e. The third-order valence-electron chi connectivity index (χ3n) is 1.79. The number of ether oxygens (including phenoxy) is 1. The highest BCUT2D eigenvalue weighted by molar-refractivity contribution is 5.89. The number of halogens is 1. The molecule has 0 heterocycles. The molecule has 1 aromatic carbocycles. The Morgan fingerprint density at radius 1 is 1.26 bits per heavy atom. The molecule has 0 saturated carbocycles. The Balaban J connectivity index is 0.000000711. The molecule has 0 atom stereocenters. The molecule has 3 heteroatoms. The first kappa shape index (κ1) is 17.4. The van der Waals surface area contributed by atoms with Gasteiger partial charge in [0.15, 0.2) is 0 Å². The molecule has 0 aliphatic carbocycles. The lowest BCUT2D eigenvalue weighted by Crippen LogP contribution is -2.23. The lowest BCUT2D eigenvalue weighted by molar-refractivity contribution is 0.00694. The van der Waals surface area contributed by atoms with Crippen molar-refractivity contribution in [3.05, 3.63) is 47.3 Å². The highest BCUT2D eigenvalue weighted by Crippen LogP contribution is 2.14. The van der Waals surface area contributed by atoms with Gasteiger partial charge in [-0.3, -0.25) is 0 Å². The van der Waals surface area contributed by atoms with E-state index in [1.807, 2.05) is 13.8 Å². The van der Waals surface area contributed by atoms with Crippen LogP contribution < -0.4 is 0 Å². The van der Waals surface area contributed by atoms with Crippen LogP contribution in [0.15, 0.2) is 30.4 Å². The Labute approximate surface area is 115 Å². The number of rotatable bonds is 1. The SMILES string of the molecule is C=C(C)C.Cc1cc(C(=O)OC(C)(C)C)ccc1F. The molecule has 1 aromatic rings. The maximum atomic E-state index is 12.9. The highest BCUT2D eigenvalue weighted by Gasteiger charge is 2.18. The van der Waals surface area contributed by atoms with Crippen LogP contribution in [0.4, 0.5) is 4.39 Å². The van der Waals surface area contributed by atoms with E-state index in [0.29, 0.717) is 11.1 Å². The fraction of sp³-hybridized carbons (Fsp3) is 0.438. The van der Waals surface area contributed by atoms with E-state index in [9.17, 15) is 9.18 Å². The fourth-order valence-electron chi connectivity index (χ4n) is 1.11. The van der Waals surface area contributed by atoms with Crippen LogP contribution in [0.25, 0.3) is 0 Å². The molecule has 0 unspecified atom stereocenters. The Morgan fingerprint density at radius 3 is 2.11 bits per heavy atom. The Kier molecular flexibility index (Phi) is 6.46. The first-order chi connectivity index (χ1) is 8.53. The summed E-state index contributed by atoms with van der Waals surface area (Å²) in [5.74, 6) is -0.743. The average Bonchev–Trinajstić information content (AvgIpc) is 2.18. The Hall–Kier alpha value is -1.64. The summed E-state index contributed by atoms with van der Waals surface area (Å²) in [5, 5.41) is 0. The van der Waals surface area contributed by atoms with Gasteiger partial charge in [-0.25, -0.2) is 9.18 Å². The van der Waals surface area contributed by atoms with E-state index < -0.39 is 11.6 Å². The van der Waals surface area contributed by atoms with Crippen LogP contribution in [-0.2, 0) is 4.74 Å². The van der Waals surface area contributed by atoms with Crippen LogP contribution in [0, 0.1) is 12.7 Å². The zero-order chi connectivity index (χ0) is 15.2. The molecule has 0 fully saturated rings. The van der Waals surface area contributed by atoms with Crippen molar-refractivity contribution in [2.24, 2.45) is 0 Å². The molecule has 0 aromatic heterocycles. The van der Waals surface area contributed by atoms with Crippen molar-refractivity contribution < 1.29 is 13.9 Å². The molecule has 19 heavy (non-hydrogen) atoms. The predicted molar refractivity (Wildman–Crippen MR) is 76.8 cm³/mol. The van der Waals surface area contributed by atoms with Crippen LogP contribution >= 0.6 is 0 Å². The molecule has 0 saturated heterocycles. The van der Waals surface area contributed by atoms with Crippen LogP contribution in [0.1, 0.15) is 50.5 Å². The van der Waals surface area contributed by atoms with Crippen molar-refractivity contribution in [2.45, 2.75) is 47.1 Å². The molecule has 0 spiro atoms. The van der Waals surface area contributed by atoms with E-state index in [-0.39, 0.29) is 5.82 Å². The van der Waals surface area contributed by atoms with Crippen LogP contribution in [-0.4, -0.2) is 11.6 Å². The molecular weight excluding hydrogens is 243 g/mol. The van der Waals surface area contributed by atoms with E-state index in [2.05, 4.69) is 6.58 Å². The molecule has 0 aliphatic rings. The molecule has 0 N–H and O–H groups in total. The molecule has 0 radical (unpaired) electrons. The van der Waals surface area contributed by atoms with Crippen molar-refractivity contribution in [1.82, 2.24) is 0 Å². The average molecular weight is 266 g/mol. The minimum atomic E-state index is -0.528. The van der Waals surface area contributed by atoms with Crippen molar-refractivity contribution in [1.29, 1.82) is 0 Å². The number of hydrogen-bond donors (Lipinski definition) is 0. The fourth-order valence-corrected chi connectivity index (χ4v) is 1.11. The lowest BCUT2D eigenvalue weighted by atomic mass is 10.1. The third-order valence-corrected chi connectivity index (χ3v) is 1.79. The van der Waals surface area contributed by atoms with Crippen LogP contribution in [0.3, 0.4) is 0 Å². The Bertz CT molecular complexity index is 452. The van der Waals surface area contributed by atoms with Gasteiger partial charge >= 0.3 is 5.97 Å². The summed E-state index contributed by atoms with van der Waals surface area (Å²) in [6.45, 7) is 14.5. The summed E-state index contributed by atoms with van der Waals surface area (Å²) in [6.07, 6.45) is 0. The van der Waals surface area contributed by atoms with E-state index in [4.69, 9.17) is 4.74 Å². The quantitative estimate of drug-likeness (QED) is 0.545. The van der Waals surface area contributed by atoms with Gasteiger partial charge in [-0.05, 0) is 65.3 Å². The second-order valence-electron chi connectivity index (χ2n) is 5.67. The molecule has 1 rings (SSSR count). The molecule has 0 bridgehead atoms. The zero-order valence-corrected chi connectivity index (χ0v) is 12.6. The number of carbonyl (C=O) groups excluding carboxylic acids is 1. The molecule has 0 aliphatic heterocycles. The van der Waals surface area contributed by atoms with Gasteiger partial charge in [0, 0.05) is 0 Å². The van der Waals surface area contributed by atoms with Gasteiger partial charge < -0.3 is 4.74 Å². The van der Waals surface area contributed by atoms with E-state index in [0.717, 1.165) is 0 Å². The summed E-state index contributed by atoms with van der Waals surface area (Å²) < 4.78 is 18.1. The molecular formula is C16H23FO2. The van der Waals surface area contributed by atoms with E-state index in [1.165, 1.54) is 23.8 Å². The number of esters is 1. The normalized spacial score (nSPS) is 10.3. The molecule has 106 valence electrons. The van der Waals surface area contributed by atoms with Gasteiger partial charge in [-0.1, -0.05) is 5.57 Å². The van der Waals surface area contributed by atoms with Crippen molar-refractivity contribution in [2.75, 3.05) is 0 Å². The summed E-state index contributed by atoms with van der Waals surface area (Å²) in [5.41, 5.74) is 1.46. The largest absolute Gasteiger partial charge is 0.456 e.